The molecule has 1 aliphatic heterocycles. The number of methoxy groups -OCH3 is 1. The molecule has 3 fully saturated rings. The number of aliphatic hydroxyl groups excluding tert-OH is 1. The Hall–Kier alpha value is -4.33. The van der Waals surface area contributed by atoms with Gasteiger partial charge in [-0.2, -0.15) is 0 Å². The van der Waals surface area contributed by atoms with Crippen LogP contribution in [-0.4, -0.2) is 73.9 Å². The molecule has 8 rings (SSSR count). The Morgan fingerprint density at radius 2 is 1.78 bits per heavy atom. The number of aliphatic carboxylic acids is 1. The van der Waals surface area contributed by atoms with Crippen molar-refractivity contribution in [3.8, 4) is 16.9 Å². The maximum atomic E-state index is 15.8. The van der Waals surface area contributed by atoms with Gasteiger partial charge in [0.15, 0.2) is 5.82 Å². The van der Waals surface area contributed by atoms with Gasteiger partial charge in [-0.15, -0.1) is 0 Å². The second kappa shape index (κ2) is 17.0. The number of hydrogen-bond acceptors (Lipinski definition) is 8. The van der Waals surface area contributed by atoms with Crippen LogP contribution in [0.15, 0.2) is 48.7 Å². The molecule has 0 atom stereocenters. The summed E-state index contributed by atoms with van der Waals surface area (Å²) in [6.07, 6.45) is 12.1. The number of nitrogens with zero attached hydrogens (tertiary/aromatic N) is 4. The van der Waals surface area contributed by atoms with Crippen LogP contribution in [0.5, 0.6) is 5.75 Å². The lowest BCUT2D eigenvalue weighted by Gasteiger charge is -2.32. The molecule has 0 unspecified atom stereocenters. The largest absolute Gasteiger partial charge is 0.496 e. The summed E-state index contributed by atoms with van der Waals surface area (Å²) >= 11 is 13.9. The summed E-state index contributed by atoms with van der Waals surface area (Å²) in [5.74, 6) is -0.818. The molecule has 4 N–H and O–H groups in total. The highest BCUT2D eigenvalue weighted by Crippen LogP contribution is 2.63. The van der Waals surface area contributed by atoms with Crippen molar-refractivity contribution in [2.24, 2.45) is 17.9 Å². The van der Waals surface area contributed by atoms with Crippen molar-refractivity contribution in [3.05, 3.63) is 92.7 Å². The van der Waals surface area contributed by atoms with Gasteiger partial charge in [0.1, 0.15) is 17.3 Å². The standard InChI is InChI=1S/C45H51Cl2FN6O5/c1-53-37-13-19-54(20-18-44-14-16-45(26-44,17-15-44)43(57)58)25-36(37)51-41(53)42(56)52-34-8-4-7-32(40(34)47)31-6-3-5-27(39(31)46)21-33(48)35-22-38(59-2)28(24-50-35)23-49-29-9-11-30(55)12-10-29/h3-8,21-22,24,29-30,49,55H,9-20,23,25-26H2,1-2H3,(H,52,56)(H,57,58)/b33-21-. The fourth-order valence-electron chi connectivity index (χ4n) is 9.88. The number of hydrogen-bond donors (Lipinski definition) is 4. The van der Waals surface area contributed by atoms with E-state index >= 15 is 4.39 Å². The van der Waals surface area contributed by atoms with Crippen LogP contribution in [0.2, 0.25) is 10.0 Å². The van der Waals surface area contributed by atoms with Crippen molar-refractivity contribution in [3.63, 3.8) is 0 Å². The summed E-state index contributed by atoms with van der Waals surface area (Å²) in [4.78, 5) is 37.3. The number of ether oxygens (including phenoxy) is 1. The van der Waals surface area contributed by atoms with Gasteiger partial charge >= 0.3 is 5.97 Å². The van der Waals surface area contributed by atoms with Crippen LogP contribution < -0.4 is 15.4 Å². The lowest BCUT2D eigenvalue weighted by Crippen LogP contribution is -2.34. The molecule has 1 amide bonds. The number of aromatic nitrogens is 3. The number of pyridine rings is 1. The number of aliphatic hydroxyl groups is 1. The van der Waals surface area contributed by atoms with Crippen molar-refractivity contribution in [1.82, 2.24) is 24.8 Å². The highest BCUT2D eigenvalue weighted by atomic mass is 35.5. The molecule has 312 valence electrons. The van der Waals surface area contributed by atoms with Crippen LogP contribution in [0.3, 0.4) is 0 Å². The van der Waals surface area contributed by atoms with Crippen LogP contribution in [0.4, 0.5) is 10.1 Å². The number of amides is 1. The zero-order valence-electron chi connectivity index (χ0n) is 33.5. The average molecular weight is 846 g/mol. The van der Waals surface area contributed by atoms with Crippen LogP contribution >= 0.6 is 23.2 Å². The maximum absolute atomic E-state index is 15.8. The molecule has 11 nitrogen and oxygen atoms in total. The second-order valence-corrected chi connectivity index (χ2v) is 17.8. The third kappa shape index (κ3) is 8.39. The van der Waals surface area contributed by atoms with E-state index in [0.29, 0.717) is 47.3 Å². The predicted molar refractivity (Wildman–Crippen MR) is 227 cm³/mol. The molecular formula is C45H51Cl2FN6O5. The molecule has 4 aromatic rings. The Kier molecular flexibility index (Phi) is 11.9. The van der Waals surface area contributed by atoms with E-state index in [1.807, 2.05) is 11.6 Å². The molecule has 59 heavy (non-hydrogen) atoms. The molecule has 0 saturated heterocycles. The van der Waals surface area contributed by atoms with E-state index in [2.05, 4.69) is 20.5 Å². The van der Waals surface area contributed by atoms with Crippen LogP contribution in [0.25, 0.3) is 23.0 Å². The number of benzene rings is 2. The number of halogens is 3. The van der Waals surface area contributed by atoms with Gasteiger partial charge in [-0.25, -0.2) is 9.37 Å². The van der Waals surface area contributed by atoms with Crippen molar-refractivity contribution < 1.29 is 28.9 Å². The minimum Gasteiger partial charge on any atom is -0.496 e. The first-order valence-corrected chi connectivity index (χ1v) is 21.3. The number of nitrogens with one attached hydrogen (secondary N) is 2. The van der Waals surface area contributed by atoms with E-state index in [1.165, 1.54) is 6.08 Å². The number of rotatable bonds is 13. The fraction of sp³-hybridized carbons (Fsp3) is 0.467. The minimum atomic E-state index is -0.634. The first kappa shape index (κ1) is 41.4. The van der Waals surface area contributed by atoms with Gasteiger partial charge < -0.3 is 30.2 Å². The van der Waals surface area contributed by atoms with E-state index in [0.717, 1.165) is 101 Å². The van der Waals surface area contributed by atoms with Gasteiger partial charge in [-0.3, -0.25) is 19.5 Å². The molecule has 2 bridgehead atoms. The van der Waals surface area contributed by atoms with E-state index in [9.17, 15) is 19.8 Å². The smallest absolute Gasteiger partial charge is 0.309 e. The van der Waals surface area contributed by atoms with E-state index in [4.69, 9.17) is 32.9 Å². The van der Waals surface area contributed by atoms with Gasteiger partial charge in [0.25, 0.3) is 5.91 Å². The number of carbonyl (C=O) groups is 2. The minimum absolute atomic E-state index is 0.102. The maximum Gasteiger partial charge on any atom is 0.309 e. The van der Waals surface area contributed by atoms with Crippen molar-refractivity contribution in [1.29, 1.82) is 0 Å². The molecule has 3 aliphatic carbocycles. The number of anilines is 1. The van der Waals surface area contributed by atoms with Gasteiger partial charge in [-0.1, -0.05) is 53.5 Å². The molecule has 2 aromatic heterocycles. The number of fused-ring (bicyclic) bond motifs is 3. The highest BCUT2D eigenvalue weighted by Gasteiger charge is 2.57. The van der Waals surface area contributed by atoms with E-state index < -0.39 is 23.1 Å². The number of carboxylic acids is 1. The summed E-state index contributed by atoms with van der Waals surface area (Å²) in [5, 5.41) is 26.7. The highest BCUT2D eigenvalue weighted by molar-refractivity contribution is 6.39. The van der Waals surface area contributed by atoms with E-state index in [1.54, 1.807) is 55.8 Å². The fourth-order valence-corrected chi connectivity index (χ4v) is 10.4. The Morgan fingerprint density at radius 3 is 2.49 bits per heavy atom. The molecule has 3 saturated carbocycles. The molecule has 4 aliphatic rings. The van der Waals surface area contributed by atoms with Crippen LogP contribution in [0, 0.1) is 10.8 Å². The quantitative estimate of drug-likeness (QED) is 0.104. The van der Waals surface area contributed by atoms with Gasteiger partial charge in [-0.05, 0) is 93.9 Å². The molecule has 0 spiro atoms. The van der Waals surface area contributed by atoms with Crippen molar-refractivity contribution >= 4 is 52.7 Å². The normalized spacial score (nSPS) is 24.3. The SMILES string of the molecule is COc1cc(/C(F)=C/c2cccc(-c3cccc(NC(=O)c4nc5c(n4C)CCN(CCC46CCC(C(=O)O)(CC4)C6)C5)c3Cl)c2Cl)ncc1CNC1CCC(O)CC1. The number of carboxylic acid groups (broad SMARTS) is 1. The summed E-state index contributed by atoms with van der Waals surface area (Å²) in [7, 11) is 3.40. The number of imidazole rings is 1. The summed E-state index contributed by atoms with van der Waals surface area (Å²) in [6.45, 7) is 2.88. The zero-order chi connectivity index (χ0) is 41.5. The molecule has 14 heteroatoms. The Labute approximate surface area is 354 Å². The lowest BCUT2D eigenvalue weighted by molar-refractivity contribution is -0.148. The second-order valence-electron chi connectivity index (χ2n) is 17.0. The first-order chi connectivity index (χ1) is 28.4. The molecule has 2 aromatic carbocycles. The summed E-state index contributed by atoms with van der Waals surface area (Å²) in [5.41, 5.74) is 4.35. The van der Waals surface area contributed by atoms with Gasteiger partial charge in [0, 0.05) is 73.8 Å². The topological polar surface area (TPSA) is 142 Å². The third-order valence-corrected chi connectivity index (χ3v) is 14.3. The van der Waals surface area contributed by atoms with Crippen molar-refractivity contribution in [2.75, 3.05) is 25.5 Å². The molecular weight excluding hydrogens is 794 g/mol. The Bertz CT molecular complexity index is 2280. The third-order valence-electron chi connectivity index (χ3n) is 13.5. The Morgan fingerprint density at radius 1 is 1.05 bits per heavy atom. The molecule has 3 heterocycles. The van der Waals surface area contributed by atoms with Crippen molar-refractivity contribution in [2.45, 2.75) is 95.9 Å². The molecule has 0 radical (unpaired) electrons. The monoisotopic (exact) mass is 844 g/mol. The summed E-state index contributed by atoms with van der Waals surface area (Å²) < 4.78 is 23.2. The summed E-state index contributed by atoms with van der Waals surface area (Å²) in [6, 6.07) is 12.4. The average Bonchev–Trinajstić information content (AvgIpc) is 3.92. The predicted octanol–water partition coefficient (Wildman–Crippen LogP) is 8.69. The lowest BCUT2D eigenvalue weighted by atomic mass is 9.80. The van der Waals surface area contributed by atoms with E-state index in [-0.39, 0.29) is 33.1 Å². The van der Waals surface area contributed by atoms with Crippen LogP contribution in [0.1, 0.15) is 103 Å². The van der Waals surface area contributed by atoms with Crippen LogP contribution in [-0.2, 0) is 31.4 Å². The van der Waals surface area contributed by atoms with Gasteiger partial charge in [0.2, 0.25) is 0 Å². The van der Waals surface area contributed by atoms with Gasteiger partial charge in [0.05, 0.1) is 40.1 Å². The number of carbonyl (C=O) groups excluding carboxylic acids is 1. The Balaban J connectivity index is 0.933. The zero-order valence-corrected chi connectivity index (χ0v) is 35.0. The first-order valence-electron chi connectivity index (χ1n) is 20.6.